The molecule has 0 aliphatic heterocycles. The van der Waals surface area contributed by atoms with Gasteiger partial charge in [0.15, 0.2) is 0 Å². The Hall–Kier alpha value is -3.41. The summed E-state index contributed by atoms with van der Waals surface area (Å²) in [4.78, 5) is 12.5. The number of benzene rings is 1. The first kappa shape index (κ1) is 23.7. The van der Waals surface area contributed by atoms with Crippen LogP contribution in [0.4, 0.5) is 11.5 Å². The van der Waals surface area contributed by atoms with E-state index in [-0.39, 0.29) is 23.6 Å². The van der Waals surface area contributed by atoms with Crippen molar-refractivity contribution < 1.29 is 5.11 Å². The van der Waals surface area contributed by atoms with Gasteiger partial charge in [-0.25, -0.2) is 14.8 Å². The van der Waals surface area contributed by atoms with E-state index in [9.17, 15) is 10.4 Å². The first-order chi connectivity index (χ1) is 16.4. The van der Waals surface area contributed by atoms with Gasteiger partial charge >= 0.3 is 0 Å². The average Bonchev–Trinajstić information content (AvgIpc) is 3.47. The van der Waals surface area contributed by atoms with Crippen LogP contribution >= 0.6 is 34.7 Å². The van der Waals surface area contributed by atoms with Crippen molar-refractivity contribution in [2.24, 2.45) is 0 Å². The van der Waals surface area contributed by atoms with Gasteiger partial charge < -0.3 is 10.8 Å². The number of halogens is 1. The number of thioether (sulfide) groups is 1. The number of aromatic nitrogens is 4. The molecule has 3 aromatic heterocycles. The minimum Gasteiger partial charge on any atom is -0.392 e. The van der Waals surface area contributed by atoms with Gasteiger partial charge in [-0.1, -0.05) is 35.5 Å². The van der Waals surface area contributed by atoms with Gasteiger partial charge in [-0.05, 0) is 25.1 Å². The summed E-state index contributed by atoms with van der Waals surface area (Å²) in [6, 6.07) is 11.3. The zero-order valence-corrected chi connectivity index (χ0v) is 20.3. The minimum absolute atomic E-state index is 0.0386. The van der Waals surface area contributed by atoms with Crippen LogP contribution in [0.25, 0.3) is 26.7 Å². The van der Waals surface area contributed by atoms with Crippen LogP contribution in [0.15, 0.2) is 46.9 Å². The third-order valence-electron chi connectivity index (χ3n) is 4.74. The molecule has 0 spiro atoms. The highest BCUT2D eigenvalue weighted by molar-refractivity contribution is 7.98. The van der Waals surface area contributed by atoms with E-state index in [1.165, 1.54) is 23.1 Å². The molecule has 0 amide bonds. The van der Waals surface area contributed by atoms with Crippen LogP contribution in [0.3, 0.4) is 0 Å². The lowest BCUT2D eigenvalue weighted by molar-refractivity contribution is 0.168. The Labute approximate surface area is 209 Å². The molecule has 3 N–H and O–H groups in total. The van der Waals surface area contributed by atoms with Crippen LogP contribution in [-0.2, 0) is 12.3 Å². The second-order valence-electron chi connectivity index (χ2n) is 7.34. The van der Waals surface area contributed by atoms with Crippen molar-refractivity contribution in [2.45, 2.75) is 30.4 Å². The van der Waals surface area contributed by atoms with Crippen LogP contribution in [0.2, 0.25) is 5.02 Å². The molecule has 4 aromatic rings. The Kier molecular flexibility index (Phi) is 7.15. The Morgan fingerprint density at radius 3 is 2.76 bits per heavy atom. The smallest absolute Gasteiger partial charge is 0.238 e. The quantitative estimate of drug-likeness (QED) is 0.254. The van der Waals surface area contributed by atoms with Gasteiger partial charge in [-0.2, -0.15) is 10.4 Å². The lowest BCUT2D eigenvalue weighted by Gasteiger charge is -2.11. The first-order valence-electron chi connectivity index (χ1n) is 10.1. The number of hydrogen-bond donors (Lipinski definition) is 2. The van der Waals surface area contributed by atoms with Gasteiger partial charge in [0.1, 0.15) is 21.9 Å². The highest BCUT2D eigenvalue weighted by Crippen LogP contribution is 2.41. The molecule has 1 aromatic carbocycles. The molecule has 0 bridgehead atoms. The molecular weight excluding hydrogens is 490 g/mol. The Morgan fingerprint density at radius 2 is 2.09 bits per heavy atom. The van der Waals surface area contributed by atoms with Crippen molar-refractivity contribution in [3.63, 3.8) is 0 Å². The fourth-order valence-corrected chi connectivity index (χ4v) is 5.20. The molecule has 0 fully saturated rings. The zero-order chi connectivity index (χ0) is 24.2. The lowest BCUT2D eigenvalue weighted by Crippen LogP contribution is -2.12. The van der Waals surface area contributed by atoms with E-state index in [1.54, 1.807) is 23.9 Å². The zero-order valence-electron chi connectivity index (χ0n) is 17.9. The van der Waals surface area contributed by atoms with Gasteiger partial charge in [-0.3, -0.25) is 4.68 Å². The van der Waals surface area contributed by atoms with Crippen LogP contribution in [0.1, 0.15) is 18.2 Å². The largest absolute Gasteiger partial charge is 0.392 e. The molecule has 0 aliphatic carbocycles. The Morgan fingerprint density at radius 1 is 1.32 bits per heavy atom. The molecular formula is C23H18ClN7OS2. The lowest BCUT2D eigenvalue weighted by atomic mass is 10.1. The third kappa shape index (κ3) is 5.06. The minimum atomic E-state index is -0.590. The fourth-order valence-electron chi connectivity index (χ4n) is 3.25. The maximum absolute atomic E-state index is 9.95. The van der Waals surface area contributed by atoms with E-state index in [4.69, 9.17) is 23.9 Å². The first-order valence-corrected chi connectivity index (χ1v) is 12.3. The summed E-state index contributed by atoms with van der Waals surface area (Å²) in [5.74, 6) is 0.509. The molecule has 0 saturated carbocycles. The van der Waals surface area contributed by atoms with Crippen molar-refractivity contribution in [2.75, 3.05) is 5.73 Å². The summed E-state index contributed by atoms with van der Waals surface area (Å²) in [5.41, 5.74) is 9.00. The number of nitriles is 1. The van der Waals surface area contributed by atoms with Gasteiger partial charge in [0, 0.05) is 33.5 Å². The van der Waals surface area contributed by atoms with E-state index in [1.807, 2.05) is 29.6 Å². The predicted octanol–water partition coefficient (Wildman–Crippen LogP) is 5.40. The molecule has 1 atom stereocenters. The summed E-state index contributed by atoms with van der Waals surface area (Å²) in [6.45, 7) is 9.51. The molecule has 3 heterocycles. The standard InChI is InChI=1S/C23H18ClN7OS2/c1-13(32)10-31-8-7-18(30-31)19-17(9-25)23(29-21(26)20(19)27-2)34-12-16-11-33-22(28-16)14-3-5-15(24)6-4-14/h3-8,11,13,32H,10,12H2,1H3,(H2,26,29). The van der Waals surface area contributed by atoms with Crippen molar-refractivity contribution in [1.82, 2.24) is 19.7 Å². The number of rotatable bonds is 7. The van der Waals surface area contributed by atoms with E-state index < -0.39 is 6.10 Å². The van der Waals surface area contributed by atoms with Crippen LogP contribution in [0.5, 0.6) is 0 Å². The molecule has 8 nitrogen and oxygen atoms in total. The highest BCUT2D eigenvalue weighted by atomic mass is 35.5. The SMILES string of the molecule is [C-]#[N+]c1c(N)nc(SCc2csc(-c3ccc(Cl)cc3)n2)c(C#N)c1-c1ccn(CC(C)O)n1. The van der Waals surface area contributed by atoms with E-state index >= 15 is 0 Å². The molecule has 170 valence electrons. The number of nitrogen functional groups attached to an aromatic ring is 1. The Bertz CT molecular complexity index is 1410. The molecule has 4 rings (SSSR count). The van der Waals surface area contributed by atoms with Crippen molar-refractivity contribution >= 4 is 46.2 Å². The summed E-state index contributed by atoms with van der Waals surface area (Å²) in [7, 11) is 0. The maximum atomic E-state index is 9.95. The number of anilines is 1. The van der Waals surface area contributed by atoms with Gasteiger partial charge in [0.2, 0.25) is 5.69 Å². The number of thiazole rings is 1. The summed E-state index contributed by atoms with van der Waals surface area (Å²) >= 11 is 8.81. The number of pyridine rings is 1. The summed E-state index contributed by atoms with van der Waals surface area (Å²) < 4.78 is 1.56. The Balaban J connectivity index is 1.64. The van der Waals surface area contributed by atoms with E-state index in [0.717, 1.165) is 16.3 Å². The number of aliphatic hydroxyl groups is 1. The average molecular weight is 508 g/mol. The van der Waals surface area contributed by atoms with Crippen LogP contribution in [0, 0.1) is 17.9 Å². The van der Waals surface area contributed by atoms with Gasteiger partial charge in [-0.15, -0.1) is 11.3 Å². The number of nitrogens with zero attached hydrogens (tertiary/aromatic N) is 6. The summed E-state index contributed by atoms with van der Waals surface area (Å²) in [5, 5.41) is 27.9. The van der Waals surface area contributed by atoms with E-state index in [2.05, 4.69) is 26.0 Å². The second-order valence-corrected chi connectivity index (χ2v) is 9.59. The number of hydrogen-bond acceptors (Lipinski definition) is 8. The fraction of sp³-hybridized carbons (Fsp3) is 0.174. The maximum Gasteiger partial charge on any atom is 0.238 e. The monoisotopic (exact) mass is 507 g/mol. The summed E-state index contributed by atoms with van der Waals surface area (Å²) in [6.07, 6.45) is 1.10. The van der Waals surface area contributed by atoms with Crippen molar-refractivity contribution in [3.05, 3.63) is 69.6 Å². The topological polar surface area (TPSA) is 118 Å². The van der Waals surface area contributed by atoms with Crippen molar-refractivity contribution in [1.29, 1.82) is 5.26 Å². The molecule has 1 unspecified atom stereocenters. The van der Waals surface area contributed by atoms with Crippen LogP contribution in [-0.4, -0.2) is 31.0 Å². The van der Waals surface area contributed by atoms with Crippen LogP contribution < -0.4 is 5.73 Å². The van der Waals surface area contributed by atoms with E-state index in [0.29, 0.717) is 27.1 Å². The third-order valence-corrected chi connectivity index (χ3v) is 6.94. The number of aliphatic hydroxyl groups excluding tert-OH is 1. The molecule has 0 aliphatic rings. The molecule has 0 saturated heterocycles. The van der Waals surface area contributed by atoms with Gasteiger partial charge in [0.05, 0.1) is 36.2 Å². The highest BCUT2D eigenvalue weighted by Gasteiger charge is 2.22. The number of nitrogens with two attached hydrogens (primary N) is 1. The molecule has 34 heavy (non-hydrogen) atoms. The normalized spacial score (nSPS) is 11.7. The van der Waals surface area contributed by atoms with Crippen molar-refractivity contribution in [3.8, 4) is 27.9 Å². The molecule has 0 radical (unpaired) electrons. The van der Waals surface area contributed by atoms with Gasteiger partial charge in [0.25, 0.3) is 0 Å². The predicted molar refractivity (Wildman–Crippen MR) is 135 cm³/mol. The molecule has 11 heteroatoms. The second kappa shape index (κ2) is 10.2.